The maximum absolute atomic E-state index is 13.0. The molecule has 0 spiro atoms. The zero-order chi connectivity index (χ0) is 24.4. The Morgan fingerprint density at radius 1 is 0.970 bits per heavy atom. The molecule has 1 fully saturated rings. The van der Waals surface area contributed by atoms with Crippen molar-refractivity contribution in [3.63, 3.8) is 0 Å². The van der Waals surface area contributed by atoms with Gasteiger partial charge >= 0.3 is 0 Å². The lowest BCUT2D eigenvalue weighted by Gasteiger charge is -2.30. The van der Waals surface area contributed by atoms with Crippen molar-refractivity contribution in [1.82, 2.24) is 8.61 Å². The van der Waals surface area contributed by atoms with Gasteiger partial charge in [0.1, 0.15) is 4.90 Å². The average Bonchev–Trinajstić information content (AvgIpc) is 2.79. The summed E-state index contributed by atoms with van der Waals surface area (Å²) in [7, 11) is -4.72. The summed E-state index contributed by atoms with van der Waals surface area (Å²) in [6.45, 7) is 1.66. The minimum Gasteiger partial charge on any atom is -0.325 e. The monoisotopic (exact) mass is 493 g/mol. The summed E-state index contributed by atoms with van der Waals surface area (Å²) in [6.07, 6.45) is 0.583. The van der Waals surface area contributed by atoms with Crippen LogP contribution in [0.15, 0.2) is 58.3 Å². The van der Waals surface area contributed by atoms with Crippen LogP contribution in [0.1, 0.15) is 30.1 Å². The quantitative estimate of drug-likeness (QED) is 0.590. The molecule has 178 valence electrons. The van der Waals surface area contributed by atoms with Crippen LogP contribution in [0.4, 0.5) is 5.69 Å². The first-order valence-electron chi connectivity index (χ1n) is 10.4. The standard InChI is InChI=1S/C22H27N3O6S2/c1-16(26)18-7-6-8-19(15-18)32(28,29)25-13-11-17(12-14-25)22(27)23-20-9-4-5-10-21(20)33(30,31)24(2)3/h4-10,15,17H,11-14H2,1-3H3,(H,23,27). The van der Waals surface area contributed by atoms with Gasteiger partial charge < -0.3 is 5.32 Å². The van der Waals surface area contributed by atoms with Gasteiger partial charge in [-0.15, -0.1) is 0 Å². The number of hydrogen-bond donors (Lipinski definition) is 1. The highest BCUT2D eigenvalue weighted by molar-refractivity contribution is 7.89. The van der Waals surface area contributed by atoms with Crippen LogP contribution in [-0.4, -0.2) is 64.3 Å². The van der Waals surface area contributed by atoms with Gasteiger partial charge in [-0.25, -0.2) is 21.1 Å². The van der Waals surface area contributed by atoms with E-state index in [1.807, 2.05) is 0 Å². The van der Waals surface area contributed by atoms with Crippen molar-refractivity contribution in [3.8, 4) is 0 Å². The molecule has 0 bridgehead atoms. The number of Topliss-reactive ketones (excluding diaryl/α,β-unsaturated/α-hetero) is 1. The highest BCUT2D eigenvalue weighted by Crippen LogP contribution is 2.28. The molecule has 1 saturated heterocycles. The zero-order valence-corrected chi connectivity index (χ0v) is 20.3. The third kappa shape index (κ3) is 5.32. The highest BCUT2D eigenvalue weighted by Gasteiger charge is 2.33. The highest BCUT2D eigenvalue weighted by atomic mass is 32.2. The number of anilines is 1. The predicted octanol–water partition coefficient (Wildman–Crippen LogP) is 2.18. The van der Waals surface area contributed by atoms with Gasteiger partial charge in [-0.05, 0) is 44.0 Å². The number of sulfonamides is 2. The van der Waals surface area contributed by atoms with Gasteiger partial charge in [-0.1, -0.05) is 24.3 Å². The normalized spacial score (nSPS) is 16.0. The lowest BCUT2D eigenvalue weighted by atomic mass is 9.97. The first-order chi connectivity index (χ1) is 15.4. The molecule has 0 unspecified atom stereocenters. The molecule has 2 aromatic carbocycles. The van der Waals surface area contributed by atoms with Crippen molar-refractivity contribution in [2.24, 2.45) is 5.92 Å². The van der Waals surface area contributed by atoms with Crippen LogP contribution in [-0.2, 0) is 24.8 Å². The minimum absolute atomic E-state index is 0.00582. The summed E-state index contributed by atoms with van der Waals surface area (Å²) in [4.78, 5) is 24.5. The van der Waals surface area contributed by atoms with E-state index in [1.165, 1.54) is 55.7 Å². The van der Waals surface area contributed by atoms with Gasteiger partial charge in [0, 0.05) is 38.7 Å². The number of piperidine rings is 1. The molecule has 1 aliphatic heterocycles. The molecule has 1 N–H and O–H groups in total. The summed E-state index contributed by atoms with van der Waals surface area (Å²) in [5, 5.41) is 2.70. The summed E-state index contributed by atoms with van der Waals surface area (Å²) in [6, 6.07) is 12.1. The van der Waals surface area contributed by atoms with Crippen LogP contribution in [0.25, 0.3) is 0 Å². The Bertz CT molecular complexity index is 1260. The van der Waals surface area contributed by atoms with Crippen molar-refractivity contribution in [3.05, 3.63) is 54.1 Å². The van der Waals surface area contributed by atoms with E-state index in [9.17, 15) is 26.4 Å². The Labute approximate surface area is 194 Å². The lowest BCUT2D eigenvalue weighted by Crippen LogP contribution is -2.41. The van der Waals surface area contributed by atoms with Crippen LogP contribution < -0.4 is 5.32 Å². The second kappa shape index (κ2) is 9.72. The van der Waals surface area contributed by atoms with Gasteiger partial charge in [-0.3, -0.25) is 9.59 Å². The van der Waals surface area contributed by atoms with E-state index in [0.29, 0.717) is 18.4 Å². The van der Waals surface area contributed by atoms with Crippen molar-refractivity contribution < 1.29 is 26.4 Å². The largest absolute Gasteiger partial charge is 0.325 e. The molecule has 1 heterocycles. The molecular weight excluding hydrogens is 466 g/mol. The van der Waals surface area contributed by atoms with Gasteiger partial charge in [0.05, 0.1) is 10.6 Å². The molecule has 0 aliphatic carbocycles. The number of ketones is 1. The second-order valence-electron chi connectivity index (χ2n) is 8.04. The number of rotatable bonds is 7. The molecule has 3 rings (SSSR count). The summed E-state index contributed by atoms with van der Waals surface area (Å²) in [5.41, 5.74) is 0.504. The van der Waals surface area contributed by atoms with Crippen LogP contribution in [0.3, 0.4) is 0 Å². The first kappa shape index (κ1) is 25.0. The molecule has 0 atom stereocenters. The molecule has 0 saturated carbocycles. The number of nitrogens with zero attached hydrogens (tertiary/aromatic N) is 2. The van der Waals surface area contributed by atoms with E-state index in [2.05, 4.69) is 5.32 Å². The maximum Gasteiger partial charge on any atom is 0.244 e. The number of hydrogen-bond acceptors (Lipinski definition) is 6. The predicted molar refractivity (Wildman–Crippen MR) is 124 cm³/mol. The van der Waals surface area contributed by atoms with Gasteiger partial charge in [-0.2, -0.15) is 4.31 Å². The summed E-state index contributed by atoms with van der Waals surface area (Å²) >= 11 is 0. The number of carbonyl (C=O) groups is 2. The summed E-state index contributed by atoms with van der Waals surface area (Å²) in [5.74, 6) is -1.04. The van der Waals surface area contributed by atoms with E-state index in [0.717, 1.165) is 4.31 Å². The van der Waals surface area contributed by atoms with E-state index in [-0.39, 0.29) is 40.3 Å². The van der Waals surface area contributed by atoms with E-state index in [4.69, 9.17) is 0 Å². The maximum atomic E-state index is 13.0. The Hall–Kier alpha value is -2.60. The first-order valence-corrected chi connectivity index (χ1v) is 13.3. The van der Waals surface area contributed by atoms with Gasteiger partial charge in [0.2, 0.25) is 26.0 Å². The smallest absolute Gasteiger partial charge is 0.244 e. The molecular formula is C22H27N3O6S2. The van der Waals surface area contributed by atoms with Gasteiger partial charge in [0.25, 0.3) is 0 Å². The van der Waals surface area contributed by atoms with Gasteiger partial charge in [0.15, 0.2) is 5.78 Å². The summed E-state index contributed by atoms with van der Waals surface area (Å²) < 4.78 is 53.4. The van der Waals surface area contributed by atoms with Crippen LogP contribution in [0.5, 0.6) is 0 Å². The third-order valence-corrected chi connectivity index (χ3v) is 9.37. The molecule has 1 aliphatic rings. The fraction of sp³-hybridized carbons (Fsp3) is 0.364. The molecule has 33 heavy (non-hydrogen) atoms. The SMILES string of the molecule is CC(=O)c1cccc(S(=O)(=O)N2CCC(C(=O)Nc3ccccc3S(=O)(=O)N(C)C)CC2)c1. The third-order valence-electron chi connectivity index (χ3n) is 5.61. The number of nitrogens with one attached hydrogen (secondary N) is 1. The minimum atomic E-state index is -3.80. The fourth-order valence-corrected chi connectivity index (χ4v) is 6.17. The molecule has 9 nitrogen and oxygen atoms in total. The number of carbonyl (C=O) groups excluding carboxylic acids is 2. The van der Waals surface area contributed by atoms with Crippen molar-refractivity contribution in [2.45, 2.75) is 29.6 Å². The molecule has 11 heteroatoms. The second-order valence-corrected chi connectivity index (χ2v) is 12.1. The number of benzene rings is 2. The van der Waals surface area contributed by atoms with Crippen molar-refractivity contribution in [1.29, 1.82) is 0 Å². The van der Waals surface area contributed by atoms with Crippen molar-refractivity contribution in [2.75, 3.05) is 32.5 Å². The molecule has 1 amide bonds. The number of amides is 1. The average molecular weight is 494 g/mol. The Morgan fingerprint density at radius 2 is 1.61 bits per heavy atom. The van der Waals surface area contributed by atoms with Crippen molar-refractivity contribution >= 4 is 37.4 Å². The Morgan fingerprint density at radius 3 is 2.21 bits per heavy atom. The van der Waals surface area contributed by atoms with E-state index < -0.39 is 26.0 Å². The molecule has 0 aromatic heterocycles. The van der Waals surface area contributed by atoms with Crippen LogP contribution in [0.2, 0.25) is 0 Å². The van der Waals surface area contributed by atoms with E-state index in [1.54, 1.807) is 18.2 Å². The fourth-order valence-electron chi connectivity index (χ4n) is 3.61. The molecule has 0 radical (unpaired) electrons. The van der Waals surface area contributed by atoms with Crippen LogP contribution >= 0.6 is 0 Å². The lowest BCUT2D eigenvalue weighted by molar-refractivity contribution is -0.120. The Balaban J connectivity index is 1.70. The van der Waals surface area contributed by atoms with E-state index >= 15 is 0 Å². The molecule has 2 aromatic rings. The Kier molecular flexibility index (Phi) is 7.37. The van der Waals surface area contributed by atoms with Crippen LogP contribution in [0, 0.1) is 5.92 Å². The number of para-hydroxylation sites is 1. The topological polar surface area (TPSA) is 121 Å². The zero-order valence-electron chi connectivity index (χ0n) is 18.7.